The Balaban J connectivity index is 4.80. The summed E-state index contributed by atoms with van der Waals surface area (Å²) in [6.45, 7) is 14.5. The summed E-state index contributed by atoms with van der Waals surface area (Å²) in [4.78, 5) is 0. The van der Waals surface area contributed by atoms with Crippen molar-refractivity contribution in [3.05, 3.63) is 47.7 Å². The van der Waals surface area contributed by atoms with E-state index in [1.807, 2.05) is 6.92 Å². The van der Waals surface area contributed by atoms with E-state index < -0.39 is 0 Å². The molecule has 17 heavy (non-hydrogen) atoms. The highest BCUT2D eigenvalue weighted by molar-refractivity contribution is 5.29. The molecule has 96 valence electrons. The zero-order chi connectivity index (χ0) is 13.4. The third kappa shape index (κ3) is 6.83. The van der Waals surface area contributed by atoms with Crippen LogP contribution in [0.1, 0.15) is 41.0 Å². The summed E-state index contributed by atoms with van der Waals surface area (Å²) >= 11 is 0. The van der Waals surface area contributed by atoms with Crippen LogP contribution in [0, 0.1) is 11.8 Å². The second-order valence-corrected chi connectivity index (χ2v) is 4.98. The molecule has 0 amide bonds. The first-order chi connectivity index (χ1) is 7.88. The lowest BCUT2D eigenvalue weighted by atomic mass is 9.92. The number of hydrogen-bond donors (Lipinski definition) is 1. The van der Waals surface area contributed by atoms with Gasteiger partial charge < -0.3 is 5.73 Å². The van der Waals surface area contributed by atoms with Gasteiger partial charge in [-0.05, 0) is 37.7 Å². The molecule has 0 fully saturated rings. The van der Waals surface area contributed by atoms with Gasteiger partial charge in [0.25, 0.3) is 0 Å². The average molecular weight is 233 g/mol. The van der Waals surface area contributed by atoms with Crippen molar-refractivity contribution in [1.82, 2.24) is 0 Å². The zero-order valence-electron chi connectivity index (χ0n) is 12.0. The van der Waals surface area contributed by atoms with Crippen molar-refractivity contribution in [2.24, 2.45) is 17.6 Å². The molecule has 0 aromatic carbocycles. The minimum absolute atomic E-state index is 0.567. The van der Waals surface area contributed by atoms with E-state index in [2.05, 4.69) is 58.6 Å². The molecule has 1 heteroatoms. The van der Waals surface area contributed by atoms with Gasteiger partial charge in [0.2, 0.25) is 0 Å². The summed E-state index contributed by atoms with van der Waals surface area (Å²) in [5, 5.41) is 0. The standard InChI is InChI=1S/C16H27N/c1-7-8-13(4)11-16(12(2)3)10-9-14(5)15(6)17/h7-10,12-13H,6,11,17H2,1-5H3/b8-7?,14-9+,16-10-. The van der Waals surface area contributed by atoms with Crippen molar-refractivity contribution < 1.29 is 0 Å². The second kappa shape index (κ2) is 7.94. The SMILES string of the molecule is C=C(N)/C(C)=C/C=C(/CC(C)C=CC)C(C)C. The summed E-state index contributed by atoms with van der Waals surface area (Å²) in [7, 11) is 0. The van der Waals surface area contributed by atoms with Crippen molar-refractivity contribution in [1.29, 1.82) is 0 Å². The van der Waals surface area contributed by atoms with E-state index in [1.54, 1.807) is 0 Å². The van der Waals surface area contributed by atoms with E-state index in [1.165, 1.54) is 5.57 Å². The maximum absolute atomic E-state index is 5.64. The fraction of sp³-hybridized carbons (Fsp3) is 0.500. The summed E-state index contributed by atoms with van der Waals surface area (Å²) in [6.07, 6.45) is 9.72. The van der Waals surface area contributed by atoms with Crippen LogP contribution in [0.4, 0.5) is 0 Å². The van der Waals surface area contributed by atoms with Crippen LogP contribution in [0.25, 0.3) is 0 Å². The molecule has 1 nitrogen and oxygen atoms in total. The Morgan fingerprint density at radius 1 is 1.24 bits per heavy atom. The fourth-order valence-electron chi connectivity index (χ4n) is 1.60. The Bertz CT molecular complexity index is 329. The lowest BCUT2D eigenvalue weighted by molar-refractivity contribution is 0.631. The minimum atomic E-state index is 0.567. The van der Waals surface area contributed by atoms with Crippen molar-refractivity contribution in [2.75, 3.05) is 0 Å². The molecule has 0 saturated carbocycles. The molecule has 0 aliphatic rings. The van der Waals surface area contributed by atoms with Crippen LogP contribution in [0.5, 0.6) is 0 Å². The molecule has 1 atom stereocenters. The maximum Gasteiger partial charge on any atom is 0.0270 e. The molecule has 0 saturated heterocycles. The first-order valence-corrected chi connectivity index (χ1v) is 6.33. The molecule has 0 spiro atoms. The summed E-state index contributed by atoms with van der Waals surface area (Å²) in [5.41, 5.74) is 8.79. The van der Waals surface area contributed by atoms with Crippen LogP contribution in [-0.4, -0.2) is 0 Å². The largest absolute Gasteiger partial charge is 0.399 e. The van der Waals surface area contributed by atoms with Gasteiger partial charge in [0.05, 0.1) is 0 Å². The molecule has 0 aliphatic heterocycles. The van der Waals surface area contributed by atoms with Gasteiger partial charge in [-0.25, -0.2) is 0 Å². The molecule has 2 N–H and O–H groups in total. The Kier molecular flexibility index (Phi) is 7.36. The first-order valence-electron chi connectivity index (χ1n) is 6.33. The van der Waals surface area contributed by atoms with Crippen LogP contribution in [0.2, 0.25) is 0 Å². The Morgan fingerprint density at radius 2 is 1.82 bits per heavy atom. The summed E-state index contributed by atoms with van der Waals surface area (Å²) in [5.74, 6) is 1.15. The van der Waals surface area contributed by atoms with Gasteiger partial charge in [0, 0.05) is 5.70 Å². The van der Waals surface area contributed by atoms with Crippen LogP contribution >= 0.6 is 0 Å². The normalized spacial score (nSPS) is 15.6. The highest BCUT2D eigenvalue weighted by Gasteiger charge is 2.06. The molecule has 0 radical (unpaired) electrons. The molecule has 0 heterocycles. The lowest BCUT2D eigenvalue weighted by Crippen LogP contribution is -2.00. The van der Waals surface area contributed by atoms with Crippen LogP contribution < -0.4 is 5.73 Å². The number of allylic oxidation sites excluding steroid dienone is 6. The van der Waals surface area contributed by atoms with E-state index in [0.717, 1.165) is 12.0 Å². The predicted molar refractivity (Wildman–Crippen MR) is 78.6 cm³/mol. The highest BCUT2D eigenvalue weighted by Crippen LogP contribution is 2.21. The molecule has 0 aliphatic carbocycles. The monoisotopic (exact) mass is 233 g/mol. The topological polar surface area (TPSA) is 26.0 Å². The molecule has 0 rings (SSSR count). The van der Waals surface area contributed by atoms with Gasteiger partial charge in [-0.15, -0.1) is 0 Å². The van der Waals surface area contributed by atoms with Crippen LogP contribution in [0.3, 0.4) is 0 Å². The smallest absolute Gasteiger partial charge is 0.0270 e. The van der Waals surface area contributed by atoms with Gasteiger partial charge in [0.1, 0.15) is 0 Å². The van der Waals surface area contributed by atoms with E-state index in [9.17, 15) is 0 Å². The van der Waals surface area contributed by atoms with Crippen molar-refractivity contribution in [3.8, 4) is 0 Å². The van der Waals surface area contributed by atoms with Crippen LogP contribution in [0.15, 0.2) is 47.7 Å². The molecular formula is C16H27N. The van der Waals surface area contributed by atoms with Crippen molar-refractivity contribution in [2.45, 2.75) is 41.0 Å². The van der Waals surface area contributed by atoms with E-state index >= 15 is 0 Å². The van der Waals surface area contributed by atoms with Crippen molar-refractivity contribution >= 4 is 0 Å². The highest BCUT2D eigenvalue weighted by atomic mass is 14.6. The zero-order valence-corrected chi connectivity index (χ0v) is 12.0. The lowest BCUT2D eigenvalue weighted by Gasteiger charge is -2.14. The van der Waals surface area contributed by atoms with E-state index in [4.69, 9.17) is 5.73 Å². The first kappa shape index (κ1) is 15.8. The van der Waals surface area contributed by atoms with Gasteiger partial charge >= 0.3 is 0 Å². The van der Waals surface area contributed by atoms with Crippen molar-refractivity contribution in [3.63, 3.8) is 0 Å². The van der Waals surface area contributed by atoms with Gasteiger partial charge in [-0.3, -0.25) is 0 Å². The average Bonchev–Trinajstić information content (AvgIpc) is 2.23. The second-order valence-electron chi connectivity index (χ2n) is 4.98. The summed E-state index contributed by atoms with van der Waals surface area (Å²) < 4.78 is 0. The van der Waals surface area contributed by atoms with Gasteiger partial charge in [0.15, 0.2) is 0 Å². The van der Waals surface area contributed by atoms with Gasteiger partial charge in [-0.2, -0.15) is 0 Å². The van der Waals surface area contributed by atoms with Gasteiger partial charge in [-0.1, -0.05) is 57.2 Å². The quantitative estimate of drug-likeness (QED) is 0.527. The molecule has 1 unspecified atom stereocenters. The van der Waals surface area contributed by atoms with Crippen LogP contribution in [-0.2, 0) is 0 Å². The third-order valence-corrected chi connectivity index (χ3v) is 2.87. The Labute approximate surface area is 107 Å². The Hall–Kier alpha value is -1.24. The molecular weight excluding hydrogens is 206 g/mol. The summed E-state index contributed by atoms with van der Waals surface area (Å²) in [6, 6.07) is 0. The maximum atomic E-state index is 5.64. The minimum Gasteiger partial charge on any atom is -0.399 e. The Morgan fingerprint density at radius 3 is 2.24 bits per heavy atom. The number of rotatable bonds is 6. The fourth-order valence-corrected chi connectivity index (χ4v) is 1.60. The van der Waals surface area contributed by atoms with E-state index in [0.29, 0.717) is 17.5 Å². The molecule has 0 bridgehead atoms. The molecule has 0 aromatic heterocycles. The number of hydrogen-bond acceptors (Lipinski definition) is 1. The number of nitrogens with two attached hydrogens (primary N) is 1. The predicted octanol–water partition coefficient (Wildman–Crippen LogP) is 4.59. The van der Waals surface area contributed by atoms with E-state index in [-0.39, 0.29) is 0 Å². The molecule has 0 aromatic rings. The third-order valence-electron chi connectivity index (χ3n) is 2.87.